The maximum Gasteiger partial charge on any atom is 0.246 e. The van der Waals surface area contributed by atoms with Gasteiger partial charge in [-0.1, -0.05) is 11.6 Å². The van der Waals surface area contributed by atoms with E-state index in [-0.39, 0.29) is 24.4 Å². The number of hydrogen-bond acceptors (Lipinski definition) is 4. The minimum atomic E-state index is -0.385. The van der Waals surface area contributed by atoms with E-state index in [9.17, 15) is 9.59 Å². The van der Waals surface area contributed by atoms with Crippen molar-refractivity contribution in [1.29, 1.82) is 0 Å². The number of halogens is 1. The second kappa shape index (κ2) is 5.31. The van der Waals surface area contributed by atoms with Crippen LogP contribution in [0.2, 0.25) is 5.02 Å². The van der Waals surface area contributed by atoms with Gasteiger partial charge in [-0.25, -0.2) is 0 Å². The van der Waals surface area contributed by atoms with E-state index in [1.54, 1.807) is 11.9 Å². The maximum atomic E-state index is 12.2. The molecule has 0 saturated carbocycles. The number of aromatic amines is 1. The lowest BCUT2D eigenvalue weighted by molar-refractivity contribution is -0.158. The summed E-state index contributed by atoms with van der Waals surface area (Å²) in [4.78, 5) is 29.5. The first-order valence-corrected chi connectivity index (χ1v) is 7.31. The Morgan fingerprint density at radius 1 is 1.38 bits per heavy atom. The van der Waals surface area contributed by atoms with Crippen LogP contribution in [0.5, 0.6) is 0 Å². The SMILES string of the molecule is Cc1[nH]nc(CN2CCN3C(=O)CN(C)C(=O)[C@@H]3C2)c1Cl. The summed E-state index contributed by atoms with van der Waals surface area (Å²) >= 11 is 6.18. The molecule has 2 fully saturated rings. The molecule has 0 aromatic carbocycles. The molecule has 0 spiro atoms. The molecule has 3 rings (SSSR count). The lowest BCUT2D eigenvalue weighted by atomic mass is 10.1. The summed E-state index contributed by atoms with van der Waals surface area (Å²) in [6.07, 6.45) is 0. The second-order valence-electron chi connectivity index (χ2n) is 5.64. The van der Waals surface area contributed by atoms with Gasteiger partial charge in [0.15, 0.2) is 0 Å². The molecule has 114 valence electrons. The van der Waals surface area contributed by atoms with Crippen molar-refractivity contribution in [1.82, 2.24) is 24.9 Å². The molecular formula is C13H18ClN5O2. The monoisotopic (exact) mass is 311 g/mol. The van der Waals surface area contributed by atoms with Crippen LogP contribution in [0.3, 0.4) is 0 Å². The minimum Gasteiger partial charge on any atom is -0.335 e. The highest BCUT2D eigenvalue weighted by atomic mass is 35.5. The first-order chi connectivity index (χ1) is 9.97. The quantitative estimate of drug-likeness (QED) is 0.825. The standard InChI is InChI=1S/C13H18ClN5O2/c1-8-12(14)9(16-15-8)5-18-3-4-19-10(6-18)13(21)17(2)7-11(19)20/h10H,3-7H2,1-2H3,(H,15,16)/t10-/m0/s1. The number of likely N-dealkylation sites (N-methyl/N-ethyl adjacent to an activating group) is 1. The summed E-state index contributed by atoms with van der Waals surface area (Å²) in [5.74, 6) is 0.0269. The lowest BCUT2D eigenvalue weighted by Crippen LogP contribution is -2.65. The van der Waals surface area contributed by atoms with Gasteiger partial charge in [0.05, 0.1) is 23.0 Å². The predicted octanol–water partition coefficient (Wildman–Crippen LogP) is -0.144. The summed E-state index contributed by atoms with van der Waals surface area (Å²) < 4.78 is 0. The number of H-pyrrole nitrogens is 1. The van der Waals surface area contributed by atoms with E-state index in [4.69, 9.17) is 11.6 Å². The van der Waals surface area contributed by atoms with Crippen LogP contribution in [-0.4, -0.2) is 76.0 Å². The summed E-state index contributed by atoms with van der Waals surface area (Å²) in [7, 11) is 1.67. The predicted molar refractivity (Wildman–Crippen MR) is 76.7 cm³/mol. The third-order valence-corrected chi connectivity index (χ3v) is 4.63. The number of nitrogens with one attached hydrogen (secondary N) is 1. The third-order valence-electron chi connectivity index (χ3n) is 4.13. The molecule has 1 atom stereocenters. The van der Waals surface area contributed by atoms with Crippen molar-refractivity contribution in [2.75, 3.05) is 33.2 Å². The van der Waals surface area contributed by atoms with Gasteiger partial charge >= 0.3 is 0 Å². The molecule has 0 unspecified atom stereocenters. The largest absolute Gasteiger partial charge is 0.335 e. The van der Waals surface area contributed by atoms with Gasteiger partial charge in [0.2, 0.25) is 11.8 Å². The van der Waals surface area contributed by atoms with E-state index in [1.165, 1.54) is 4.90 Å². The zero-order valence-corrected chi connectivity index (χ0v) is 12.9. The molecule has 1 aromatic heterocycles. The normalized spacial score (nSPS) is 23.7. The average Bonchev–Trinajstić information content (AvgIpc) is 2.77. The number of carbonyl (C=O) groups is 2. The van der Waals surface area contributed by atoms with Crippen molar-refractivity contribution in [2.24, 2.45) is 0 Å². The fourth-order valence-electron chi connectivity index (χ4n) is 2.90. The molecule has 3 heterocycles. The molecule has 1 aromatic rings. The Labute approximate surface area is 127 Å². The van der Waals surface area contributed by atoms with Crippen LogP contribution in [0.1, 0.15) is 11.4 Å². The molecule has 2 amide bonds. The van der Waals surface area contributed by atoms with Crippen LogP contribution in [0.4, 0.5) is 0 Å². The van der Waals surface area contributed by atoms with Crippen molar-refractivity contribution in [2.45, 2.75) is 19.5 Å². The summed E-state index contributed by atoms with van der Waals surface area (Å²) in [5.41, 5.74) is 1.62. The molecule has 0 bridgehead atoms. The number of aromatic nitrogens is 2. The van der Waals surface area contributed by atoms with Crippen LogP contribution < -0.4 is 0 Å². The molecule has 1 N–H and O–H groups in total. The smallest absolute Gasteiger partial charge is 0.246 e. The minimum absolute atomic E-state index is 0.00334. The molecule has 2 aliphatic heterocycles. The highest BCUT2D eigenvalue weighted by molar-refractivity contribution is 6.31. The van der Waals surface area contributed by atoms with E-state index in [2.05, 4.69) is 15.1 Å². The van der Waals surface area contributed by atoms with Crippen LogP contribution in [0, 0.1) is 6.92 Å². The van der Waals surface area contributed by atoms with Gasteiger partial charge in [0, 0.05) is 33.2 Å². The Hall–Kier alpha value is -1.60. The van der Waals surface area contributed by atoms with Gasteiger partial charge in [-0.2, -0.15) is 5.10 Å². The number of amides is 2. The summed E-state index contributed by atoms with van der Waals surface area (Å²) in [5, 5.41) is 7.68. The van der Waals surface area contributed by atoms with Gasteiger partial charge < -0.3 is 9.80 Å². The van der Waals surface area contributed by atoms with E-state index < -0.39 is 0 Å². The molecule has 2 saturated heterocycles. The molecule has 7 nitrogen and oxygen atoms in total. The number of carbonyl (C=O) groups excluding carboxylic acids is 2. The third kappa shape index (κ3) is 2.51. The Morgan fingerprint density at radius 3 is 2.81 bits per heavy atom. The van der Waals surface area contributed by atoms with Crippen LogP contribution in [0.15, 0.2) is 0 Å². The van der Waals surface area contributed by atoms with Gasteiger partial charge in [0.25, 0.3) is 0 Å². The molecule has 0 aliphatic carbocycles. The Bertz CT molecular complexity index is 587. The molecule has 8 heteroatoms. The summed E-state index contributed by atoms with van der Waals surface area (Å²) in [6, 6.07) is -0.385. The van der Waals surface area contributed by atoms with Gasteiger partial charge in [-0.3, -0.25) is 19.6 Å². The van der Waals surface area contributed by atoms with Crippen LogP contribution >= 0.6 is 11.6 Å². The molecule has 2 aliphatic rings. The maximum absolute atomic E-state index is 12.2. The fourth-order valence-corrected chi connectivity index (χ4v) is 3.05. The van der Waals surface area contributed by atoms with Crippen molar-refractivity contribution in [3.05, 3.63) is 16.4 Å². The molecular weight excluding hydrogens is 294 g/mol. The zero-order valence-electron chi connectivity index (χ0n) is 12.1. The fraction of sp³-hybridized carbons (Fsp3) is 0.615. The summed E-state index contributed by atoms with van der Waals surface area (Å²) in [6.45, 7) is 4.45. The Morgan fingerprint density at radius 2 is 2.14 bits per heavy atom. The number of aryl methyl sites for hydroxylation is 1. The first kappa shape index (κ1) is 14.3. The lowest BCUT2D eigenvalue weighted by Gasteiger charge is -2.45. The Balaban J connectivity index is 1.72. The number of nitrogens with zero attached hydrogens (tertiary/aromatic N) is 4. The number of piperazine rings is 2. The van der Waals surface area contributed by atoms with E-state index in [1.807, 2.05) is 6.92 Å². The van der Waals surface area contributed by atoms with Crippen LogP contribution in [0.25, 0.3) is 0 Å². The zero-order chi connectivity index (χ0) is 15.1. The van der Waals surface area contributed by atoms with E-state index >= 15 is 0 Å². The van der Waals surface area contributed by atoms with E-state index in [0.29, 0.717) is 24.7 Å². The first-order valence-electron chi connectivity index (χ1n) is 6.93. The van der Waals surface area contributed by atoms with Gasteiger partial charge in [-0.05, 0) is 6.92 Å². The van der Waals surface area contributed by atoms with E-state index in [0.717, 1.165) is 17.9 Å². The number of hydrogen-bond donors (Lipinski definition) is 1. The number of fused-ring (bicyclic) bond motifs is 1. The second-order valence-corrected chi connectivity index (χ2v) is 6.02. The van der Waals surface area contributed by atoms with Crippen molar-refractivity contribution in [3.8, 4) is 0 Å². The van der Waals surface area contributed by atoms with Crippen LogP contribution in [-0.2, 0) is 16.1 Å². The number of rotatable bonds is 2. The highest BCUT2D eigenvalue weighted by Gasteiger charge is 2.41. The Kier molecular flexibility index (Phi) is 3.62. The van der Waals surface area contributed by atoms with Gasteiger partial charge in [-0.15, -0.1) is 0 Å². The highest BCUT2D eigenvalue weighted by Crippen LogP contribution is 2.22. The molecule has 0 radical (unpaired) electrons. The average molecular weight is 312 g/mol. The van der Waals surface area contributed by atoms with Gasteiger partial charge in [0.1, 0.15) is 6.04 Å². The van der Waals surface area contributed by atoms with Crippen molar-refractivity contribution in [3.63, 3.8) is 0 Å². The van der Waals surface area contributed by atoms with Crippen molar-refractivity contribution >= 4 is 23.4 Å². The molecule has 21 heavy (non-hydrogen) atoms. The van der Waals surface area contributed by atoms with Crippen molar-refractivity contribution < 1.29 is 9.59 Å². The topological polar surface area (TPSA) is 72.5 Å².